The van der Waals surface area contributed by atoms with Crippen molar-refractivity contribution in [3.63, 3.8) is 0 Å². The lowest BCUT2D eigenvalue weighted by molar-refractivity contribution is -0.120. The molecular formula is C30H42N4O5. The normalized spacial score (nSPS) is 21.9. The zero-order valence-electron chi connectivity index (χ0n) is 23.7. The summed E-state index contributed by atoms with van der Waals surface area (Å²) in [5, 5.41) is 3.51. The van der Waals surface area contributed by atoms with Crippen molar-refractivity contribution in [2.75, 3.05) is 53.0 Å². The Morgan fingerprint density at radius 1 is 1.08 bits per heavy atom. The van der Waals surface area contributed by atoms with Gasteiger partial charge in [-0.15, -0.1) is 0 Å². The summed E-state index contributed by atoms with van der Waals surface area (Å²) in [6.45, 7) is 9.46. The van der Waals surface area contributed by atoms with Crippen molar-refractivity contribution < 1.29 is 23.8 Å². The van der Waals surface area contributed by atoms with Gasteiger partial charge in [0.2, 0.25) is 0 Å². The number of nitrogens with one attached hydrogen (secondary N) is 1. The molecular weight excluding hydrogens is 496 g/mol. The lowest BCUT2D eigenvalue weighted by Crippen LogP contribution is -2.59. The first kappa shape index (κ1) is 28.8. The Bertz CT molecular complexity index is 1130. The number of likely N-dealkylation sites (N-methyl/N-ethyl adjacent to an activating group) is 1. The average Bonchev–Trinajstić information content (AvgIpc) is 2.90. The fourth-order valence-electron chi connectivity index (χ4n) is 5.09. The van der Waals surface area contributed by atoms with Crippen LogP contribution in [0.5, 0.6) is 5.75 Å². The summed E-state index contributed by atoms with van der Waals surface area (Å²) < 4.78 is 18.1. The SMILES string of the molecule is CN1CC2(CCCNCCCCOc3ccccc3-c3ccnc(c3)C1=O)CN(C(=O)OC(C)(C)C)CCO2. The van der Waals surface area contributed by atoms with E-state index in [-0.39, 0.29) is 12.0 Å². The second kappa shape index (κ2) is 12.8. The number of ether oxygens (including phenoxy) is 3. The smallest absolute Gasteiger partial charge is 0.410 e. The maximum Gasteiger partial charge on any atom is 0.410 e. The van der Waals surface area contributed by atoms with Gasteiger partial charge in [-0.3, -0.25) is 9.78 Å². The first-order chi connectivity index (χ1) is 18.7. The molecule has 1 saturated heterocycles. The lowest BCUT2D eigenvalue weighted by atomic mass is 9.94. The fourth-order valence-corrected chi connectivity index (χ4v) is 5.09. The van der Waals surface area contributed by atoms with E-state index in [1.165, 1.54) is 0 Å². The highest BCUT2D eigenvalue weighted by Crippen LogP contribution is 2.31. The fraction of sp³-hybridized carbons (Fsp3) is 0.567. The highest BCUT2D eigenvalue weighted by molar-refractivity contribution is 5.93. The van der Waals surface area contributed by atoms with Crippen LogP contribution in [0.4, 0.5) is 4.79 Å². The van der Waals surface area contributed by atoms with Gasteiger partial charge in [-0.05, 0) is 83.3 Å². The summed E-state index contributed by atoms with van der Waals surface area (Å²) in [4.78, 5) is 34.3. The number of carbonyl (C=O) groups excluding carboxylic acids is 2. The van der Waals surface area contributed by atoms with Crippen LogP contribution in [0, 0.1) is 0 Å². The van der Waals surface area contributed by atoms with Gasteiger partial charge >= 0.3 is 6.09 Å². The second-order valence-corrected chi connectivity index (χ2v) is 11.4. The average molecular weight is 539 g/mol. The predicted molar refractivity (Wildman–Crippen MR) is 150 cm³/mol. The van der Waals surface area contributed by atoms with Crippen LogP contribution < -0.4 is 10.1 Å². The molecule has 0 radical (unpaired) electrons. The maximum atomic E-state index is 13.6. The number of morpholine rings is 1. The molecule has 3 heterocycles. The number of hydrogen-bond acceptors (Lipinski definition) is 7. The van der Waals surface area contributed by atoms with Crippen LogP contribution in [-0.4, -0.2) is 91.0 Å². The van der Waals surface area contributed by atoms with E-state index < -0.39 is 11.2 Å². The van der Waals surface area contributed by atoms with E-state index in [2.05, 4.69) is 10.3 Å². The summed E-state index contributed by atoms with van der Waals surface area (Å²) in [7, 11) is 1.77. The van der Waals surface area contributed by atoms with Crippen LogP contribution in [0.2, 0.25) is 0 Å². The van der Waals surface area contributed by atoms with Gasteiger partial charge in [0, 0.05) is 25.4 Å². The molecule has 9 nitrogen and oxygen atoms in total. The van der Waals surface area contributed by atoms with E-state index in [4.69, 9.17) is 14.2 Å². The second-order valence-electron chi connectivity index (χ2n) is 11.4. The first-order valence-electron chi connectivity index (χ1n) is 13.9. The molecule has 2 bridgehead atoms. The molecule has 1 fully saturated rings. The molecule has 2 aliphatic rings. The van der Waals surface area contributed by atoms with Crippen LogP contribution in [-0.2, 0) is 9.47 Å². The molecule has 1 aromatic heterocycles. The highest BCUT2D eigenvalue weighted by Gasteiger charge is 2.41. The molecule has 0 aliphatic carbocycles. The summed E-state index contributed by atoms with van der Waals surface area (Å²) in [5.74, 6) is 0.591. The third kappa shape index (κ3) is 7.92. The molecule has 1 atom stereocenters. The molecule has 2 aromatic rings. The topological polar surface area (TPSA) is 93.2 Å². The van der Waals surface area contributed by atoms with Crippen LogP contribution in [0.25, 0.3) is 11.1 Å². The van der Waals surface area contributed by atoms with E-state index in [0.29, 0.717) is 45.0 Å². The van der Waals surface area contributed by atoms with Crippen LogP contribution in [0.1, 0.15) is 56.9 Å². The Balaban J connectivity index is 1.60. The van der Waals surface area contributed by atoms with Crippen LogP contribution in [0.3, 0.4) is 0 Å². The minimum atomic E-state index is -0.704. The van der Waals surface area contributed by atoms with Crippen molar-refractivity contribution in [2.24, 2.45) is 0 Å². The van der Waals surface area contributed by atoms with Gasteiger partial charge in [0.05, 0.1) is 26.3 Å². The molecule has 2 amide bonds. The standard InChI is InChI=1S/C30H42N4O5/c1-29(2,3)39-28(36)34-17-19-38-30(22-34)13-9-15-31-14-7-8-18-37-26-11-6-5-10-24(26)23-12-16-32-25(20-23)27(35)33(4)21-30/h5-6,10-12,16,20,31H,7-9,13-15,17-19,21-22H2,1-4H3. The van der Waals surface area contributed by atoms with E-state index in [1.807, 2.05) is 57.2 Å². The van der Waals surface area contributed by atoms with E-state index in [9.17, 15) is 9.59 Å². The Labute approximate surface area is 231 Å². The van der Waals surface area contributed by atoms with Crippen molar-refractivity contribution >= 4 is 12.0 Å². The van der Waals surface area contributed by atoms with Crippen molar-refractivity contribution in [3.05, 3.63) is 48.3 Å². The molecule has 39 heavy (non-hydrogen) atoms. The number of carbonyl (C=O) groups is 2. The van der Waals surface area contributed by atoms with E-state index in [0.717, 1.165) is 49.2 Å². The minimum Gasteiger partial charge on any atom is -0.493 e. The Morgan fingerprint density at radius 2 is 1.87 bits per heavy atom. The lowest BCUT2D eigenvalue weighted by Gasteiger charge is -2.44. The maximum absolute atomic E-state index is 13.6. The summed E-state index contributed by atoms with van der Waals surface area (Å²) in [5.41, 5.74) is 0.862. The quantitative estimate of drug-likeness (QED) is 0.532. The van der Waals surface area contributed by atoms with E-state index >= 15 is 0 Å². The molecule has 0 saturated carbocycles. The van der Waals surface area contributed by atoms with Gasteiger partial charge in [-0.25, -0.2) is 4.79 Å². The summed E-state index contributed by atoms with van der Waals surface area (Å²) >= 11 is 0. The summed E-state index contributed by atoms with van der Waals surface area (Å²) in [6.07, 6.45) is 4.79. The molecule has 1 aromatic carbocycles. The van der Waals surface area contributed by atoms with E-state index in [1.54, 1.807) is 23.0 Å². The van der Waals surface area contributed by atoms with Gasteiger partial charge in [0.25, 0.3) is 5.91 Å². The number of aromatic nitrogens is 1. The summed E-state index contributed by atoms with van der Waals surface area (Å²) in [6, 6.07) is 11.6. The number of para-hydroxylation sites is 1. The predicted octanol–water partition coefficient (Wildman–Crippen LogP) is 4.37. The first-order valence-corrected chi connectivity index (χ1v) is 13.9. The number of hydrogen-bond donors (Lipinski definition) is 1. The minimum absolute atomic E-state index is 0.202. The Kier molecular flexibility index (Phi) is 9.45. The molecule has 4 rings (SSSR count). The van der Waals surface area contributed by atoms with Crippen molar-refractivity contribution in [3.8, 4) is 16.9 Å². The van der Waals surface area contributed by atoms with Crippen LogP contribution >= 0.6 is 0 Å². The Morgan fingerprint density at radius 3 is 2.69 bits per heavy atom. The van der Waals surface area contributed by atoms with Crippen molar-refractivity contribution in [1.29, 1.82) is 0 Å². The Hall–Kier alpha value is -3.17. The van der Waals surface area contributed by atoms with Crippen LogP contribution in [0.15, 0.2) is 42.6 Å². The van der Waals surface area contributed by atoms with Crippen molar-refractivity contribution in [1.82, 2.24) is 20.1 Å². The monoisotopic (exact) mass is 538 g/mol. The van der Waals surface area contributed by atoms with Gasteiger partial charge in [0.15, 0.2) is 0 Å². The number of pyridine rings is 1. The number of benzene rings is 1. The number of amides is 2. The molecule has 1 N–H and O–H groups in total. The van der Waals surface area contributed by atoms with Crippen molar-refractivity contribution in [2.45, 2.75) is 57.7 Å². The van der Waals surface area contributed by atoms with Gasteiger partial charge in [-0.2, -0.15) is 0 Å². The highest BCUT2D eigenvalue weighted by atomic mass is 16.6. The zero-order chi connectivity index (χ0) is 27.9. The molecule has 1 spiro atoms. The molecule has 9 heteroatoms. The third-order valence-corrected chi connectivity index (χ3v) is 6.94. The third-order valence-electron chi connectivity index (χ3n) is 6.94. The zero-order valence-corrected chi connectivity index (χ0v) is 23.7. The number of rotatable bonds is 0. The largest absolute Gasteiger partial charge is 0.493 e. The van der Waals surface area contributed by atoms with Gasteiger partial charge in [0.1, 0.15) is 22.6 Å². The molecule has 212 valence electrons. The van der Waals surface area contributed by atoms with Gasteiger partial charge in [-0.1, -0.05) is 18.2 Å². The number of fused-ring (bicyclic) bond motifs is 4. The van der Waals surface area contributed by atoms with Gasteiger partial charge < -0.3 is 29.3 Å². The molecule has 1 unspecified atom stereocenters. The molecule has 2 aliphatic heterocycles. The number of nitrogens with zero attached hydrogens (tertiary/aromatic N) is 3.